The van der Waals surface area contributed by atoms with Crippen molar-refractivity contribution in [1.29, 1.82) is 0 Å². The zero-order valence-corrected chi connectivity index (χ0v) is 10.9. The van der Waals surface area contributed by atoms with Crippen LogP contribution in [0.3, 0.4) is 0 Å². The van der Waals surface area contributed by atoms with Gasteiger partial charge in [-0.1, -0.05) is 23.7 Å². The number of morpholine rings is 1. The Morgan fingerprint density at radius 3 is 3.06 bits per heavy atom. The highest BCUT2D eigenvalue weighted by Crippen LogP contribution is 2.24. The smallest absolute Gasteiger partial charge is 0.0674 e. The Morgan fingerprint density at radius 2 is 2.41 bits per heavy atom. The van der Waals surface area contributed by atoms with Crippen LogP contribution in [0.25, 0.3) is 0 Å². The largest absolute Gasteiger partial charge is 0.376 e. The molecule has 0 aromatic heterocycles. The van der Waals surface area contributed by atoms with E-state index >= 15 is 0 Å². The third-order valence-electron chi connectivity index (χ3n) is 3.17. The van der Waals surface area contributed by atoms with Crippen molar-refractivity contribution < 1.29 is 4.74 Å². The van der Waals surface area contributed by atoms with E-state index in [1.54, 1.807) is 0 Å². The van der Waals surface area contributed by atoms with Crippen LogP contribution >= 0.6 is 11.6 Å². The van der Waals surface area contributed by atoms with Crippen molar-refractivity contribution in [2.75, 3.05) is 26.2 Å². The molecule has 1 heterocycles. The molecule has 0 bridgehead atoms. The van der Waals surface area contributed by atoms with Crippen molar-refractivity contribution in [2.24, 2.45) is 5.73 Å². The molecule has 0 amide bonds. The lowest BCUT2D eigenvalue weighted by molar-refractivity contribution is -0.0333. The van der Waals surface area contributed by atoms with Gasteiger partial charge in [0.15, 0.2) is 0 Å². The minimum Gasteiger partial charge on any atom is -0.376 e. The fourth-order valence-electron chi connectivity index (χ4n) is 2.34. The maximum Gasteiger partial charge on any atom is 0.0674 e. The molecule has 2 rings (SSSR count). The minimum atomic E-state index is 0.236. The first-order chi connectivity index (χ1) is 8.20. The van der Waals surface area contributed by atoms with Gasteiger partial charge < -0.3 is 10.5 Å². The van der Waals surface area contributed by atoms with Crippen LogP contribution in [0, 0.1) is 0 Å². The molecule has 17 heavy (non-hydrogen) atoms. The number of benzene rings is 1. The lowest BCUT2D eigenvalue weighted by atomic mass is 10.0. The van der Waals surface area contributed by atoms with E-state index in [2.05, 4.69) is 17.9 Å². The molecular weight excluding hydrogens is 236 g/mol. The lowest BCUT2D eigenvalue weighted by Crippen LogP contribution is -2.45. The van der Waals surface area contributed by atoms with E-state index in [0.717, 1.165) is 24.7 Å². The topological polar surface area (TPSA) is 38.5 Å². The number of ether oxygens (including phenoxy) is 1. The number of halogens is 1. The van der Waals surface area contributed by atoms with Gasteiger partial charge in [0.1, 0.15) is 0 Å². The molecule has 2 atom stereocenters. The summed E-state index contributed by atoms with van der Waals surface area (Å²) in [5.41, 5.74) is 7.09. The van der Waals surface area contributed by atoms with Crippen LogP contribution in [0.5, 0.6) is 0 Å². The lowest BCUT2D eigenvalue weighted by Gasteiger charge is -2.37. The molecule has 3 nitrogen and oxygen atoms in total. The monoisotopic (exact) mass is 254 g/mol. The van der Waals surface area contributed by atoms with E-state index in [1.807, 2.05) is 18.2 Å². The van der Waals surface area contributed by atoms with E-state index in [-0.39, 0.29) is 12.1 Å². The maximum atomic E-state index is 6.03. The Labute approximate surface area is 107 Å². The van der Waals surface area contributed by atoms with E-state index in [9.17, 15) is 0 Å². The molecule has 1 aliphatic heterocycles. The van der Waals surface area contributed by atoms with Gasteiger partial charge in [-0.05, 0) is 24.6 Å². The number of nitrogens with zero attached hydrogens (tertiary/aromatic N) is 1. The fourth-order valence-corrected chi connectivity index (χ4v) is 2.54. The Kier molecular flexibility index (Phi) is 4.40. The standard InChI is InChI=1S/C13H19ClN2O/c1-10-9-16(5-6-17-10)13(8-15)11-3-2-4-12(14)7-11/h2-4,7,10,13H,5-6,8-9,15H2,1H3. The minimum absolute atomic E-state index is 0.236. The van der Waals surface area contributed by atoms with E-state index < -0.39 is 0 Å². The van der Waals surface area contributed by atoms with Crippen molar-refractivity contribution in [3.8, 4) is 0 Å². The van der Waals surface area contributed by atoms with Gasteiger partial charge in [0.25, 0.3) is 0 Å². The molecular formula is C13H19ClN2O. The Morgan fingerprint density at radius 1 is 1.59 bits per heavy atom. The van der Waals surface area contributed by atoms with E-state index in [0.29, 0.717) is 6.54 Å². The Balaban J connectivity index is 2.15. The van der Waals surface area contributed by atoms with Crippen molar-refractivity contribution in [2.45, 2.75) is 19.1 Å². The van der Waals surface area contributed by atoms with Crippen LogP contribution in [0.2, 0.25) is 5.02 Å². The molecule has 1 saturated heterocycles. The van der Waals surface area contributed by atoms with E-state index in [4.69, 9.17) is 22.1 Å². The fraction of sp³-hybridized carbons (Fsp3) is 0.538. The molecule has 2 N–H and O–H groups in total. The predicted molar refractivity (Wildman–Crippen MR) is 70.2 cm³/mol. The number of hydrogen-bond donors (Lipinski definition) is 1. The molecule has 1 aromatic carbocycles. The second-order valence-corrected chi connectivity index (χ2v) is 4.92. The third-order valence-corrected chi connectivity index (χ3v) is 3.41. The number of nitrogens with two attached hydrogens (primary N) is 1. The third kappa shape index (κ3) is 3.19. The molecule has 2 unspecified atom stereocenters. The summed E-state index contributed by atoms with van der Waals surface area (Å²) in [6.07, 6.45) is 0.275. The van der Waals surface area contributed by atoms with Crippen molar-refractivity contribution >= 4 is 11.6 Å². The van der Waals surface area contributed by atoms with Gasteiger partial charge in [0, 0.05) is 30.7 Å². The maximum absolute atomic E-state index is 6.03. The SMILES string of the molecule is CC1CN(C(CN)c2cccc(Cl)c2)CCO1. The second kappa shape index (κ2) is 5.83. The highest BCUT2D eigenvalue weighted by Gasteiger charge is 2.24. The van der Waals surface area contributed by atoms with Gasteiger partial charge in [-0.25, -0.2) is 0 Å². The summed E-state index contributed by atoms with van der Waals surface area (Å²) in [7, 11) is 0. The van der Waals surface area contributed by atoms with Crippen LogP contribution in [-0.4, -0.2) is 37.2 Å². The molecule has 0 saturated carbocycles. The molecule has 4 heteroatoms. The summed E-state index contributed by atoms with van der Waals surface area (Å²) >= 11 is 6.03. The normalized spacial score (nSPS) is 23.6. The molecule has 0 radical (unpaired) electrons. The van der Waals surface area contributed by atoms with Crippen LogP contribution < -0.4 is 5.73 Å². The van der Waals surface area contributed by atoms with Crippen molar-refractivity contribution in [3.63, 3.8) is 0 Å². The average Bonchev–Trinajstić information content (AvgIpc) is 2.30. The first-order valence-electron chi connectivity index (χ1n) is 6.02. The van der Waals surface area contributed by atoms with Crippen molar-refractivity contribution in [1.82, 2.24) is 4.90 Å². The summed E-state index contributed by atoms with van der Waals surface area (Å²) < 4.78 is 5.55. The summed E-state index contributed by atoms with van der Waals surface area (Å²) in [4.78, 5) is 2.37. The highest BCUT2D eigenvalue weighted by atomic mass is 35.5. The zero-order chi connectivity index (χ0) is 12.3. The van der Waals surface area contributed by atoms with Gasteiger partial charge in [-0.3, -0.25) is 4.90 Å². The summed E-state index contributed by atoms with van der Waals surface area (Å²) in [5.74, 6) is 0. The molecule has 94 valence electrons. The van der Waals surface area contributed by atoms with Crippen LogP contribution in [0.4, 0.5) is 0 Å². The van der Waals surface area contributed by atoms with Crippen LogP contribution in [0.15, 0.2) is 24.3 Å². The molecule has 0 spiro atoms. The van der Waals surface area contributed by atoms with Crippen LogP contribution in [-0.2, 0) is 4.74 Å². The number of hydrogen-bond acceptors (Lipinski definition) is 3. The van der Waals surface area contributed by atoms with Gasteiger partial charge in [-0.15, -0.1) is 0 Å². The quantitative estimate of drug-likeness (QED) is 0.898. The summed E-state index contributed by atoms with van der Waals surface area (Å²) in [6.45, 7) is 5.33. The second-order valence-electron chi connectivity index (χ2n) is 4.48. The average molecular weight is 255 g/mol. The van der Waals surface area contributed by atoms with Gasteiger partial charge in [-0.2, -0.15) is 0 Å². The first-order valence-corrected chi connectivity index (χ1v) is 6.39. The Bertz CT molecular complexity index is 372. The molecule has 1 aromatic rings. The number of rotatable bonds is 3. The molecule has 1 fully saturated rings. The van der Waals surface area contributed by atoms with Gasteiger partial charge in [0.05, 0.1) is 12.7 Å². The van der Waals surface area contributed by atoms with Crippen molar-refractivity contribution in [3.05, 3.63) is 34.9 Å². The van der Waals surface area contributed by atoms with Gasteiger partial charge in [0.2, 0.25) is 0 Å². The summed E-state index contributed by atoms with van der Waals surface area (Å²) in [6, 6.07) is 8.19. The zero-order valence-electron chi connectivity index (χ0n) is 10.1. The van der Waals surface area contributed by atoms with Gasteiger partial charge >= 0.3 is 0 Å². The molecule has 1 aliphatic rings. The first kappa shape index (κ1) is 12.8. The summed E-state index contributed by atoms with van der Waals surface area (Å²) in [5, 5.41) is 0.766. The Hall–Kier alpha value is -0.610. The van der Waals surface area contributed by atoms with E-state index in [1.165, 1.54) is 5.56 Å². The predicted octanol–water partition coefficient (Wildman–Crippen LogP) is 2.06. The van der Waals surface area contributed by atoms with Crippen LogP contribution in [0.1, 0.15) is 18.5 Å². The highest BCUT2D eigenvalue weighted by molar-refractivity contribution is 6.30. The molecule has 0 aliphatic carbocycles.